The molecule has 0 unspecified atom stereocenters. The van der Waals surface area contributed by atoms with Crippen LogP contribution in [0.15, 0.2) is 30.6 Å². The molecule has 4 nitrogen and oxygen atoms in total. The Labute approximate surface area is 139 Å². The fourth-order valence-corrected chi connectivity index (χ4v) is 3.21. The standard InChI is InChI=1S/C16H17Cl2N3O/c1-9(11-4-3-5-14(17)15(11)18)20-16(22)13-6-12(13)10-7-19-21(2)8-10/h3-5,7-9,12-13H,6H2,1-2H3,(H,20,22)/t9-,12+,13+/m0/s1. The Balaban J connectivity index is 1.64. The van der Waals surface area contributed by atoms with Crippen LogP contribution in [0.3, 0.4) is 0 Å². The first kappa shape index (κ1) is 15.4. The second kappa shape index (κ2) is 5.94. The van der Waals surface area contributed by atoms with Gasteiger partial charge < -0.3 is 5.32 Å². The maximum Gasteiger partial charge on any atom is 0.224 e. The van der Waals surface area contributed by atoms with Gasteiger partial charge in [-0.3, -0.25) is 9.48 Å². The summed E-state index contributed by atoms with van der Waals surface area (Å²) in [5.74, 6) is 0.345. The molecule has 1 saturated carbocycles. The van der Waals surface area contributed by atoms with E-state index in [2.05, 4.69) is 10.4 Å². The Hall–Kier alpha value is -1.52. The van der Waals surface area contributed by atoms with Gasteiger partial charge in [0.2, 0.25) is 5.91 Å². The fraction of sp³-hybridized carbons (Fsp3) is 0.375. The van der Waals surface area contributed by atoms with E-state index in [1.807, 2.05) is 38.5 Å². The normalized spacial score (nSPS) is 21.5. The van der Waals surface area contributed by atoms with Gasteiger partial charge in [0.1, 0.15) is 0 Å². The van der Waals surface area contributed by atoms with Crippen molar-refractivity contribution in [2.75, 3.05) is 0 Å². The molecule has 2 aromatic rings. The number of nitrogens with one attached hydrogen (secondary N) is 1. The Morgan fingerprint density at radius 2 is 2.23 bits per heavy atom. The molecule has 3 rings (SSSR count). The van der Waals surface area contributed by atoms with E-state index in [4.69, 9.17) is 23.2 Å². The molecular formula is C16H17Cl2N3O. The lowest BCUT2D eigenvalue weighted by Gasteiger charge is -2.16. The molecule has 0 radical (unpaired) electrons. The Kier molecular flexibility index (Phi) is 4.15. The molecule has 1 fully saturated rings. The summed E-state index contributed by atoms with van der Waals surface area (Å²) in [6, 6.07) is 5.28. The third-order valence-electron chi connectivity index (χ3n) is 4.09. The Morgan fingerprint density at radius 3 is 2.91 bits per heavy atom. The van der Waals surface area contributed by atoms with E-state index in [0.29, 0.717) is 10.0 Å². The van der Waals surface area contributed by atoms with Crippen molar-refractivity contribution in [3.05, 3.63) is 51.8 Å². The van der Waals surface area contributed by atoms with Crippen LogP contribution in [0.4, 0.5) is 0 Å². The van der Waals surface area contributed by atoms with Crippen LogP contribution < -0.4 is 5.32 Å². The number of carbonyl (C=O) groups excluding carboxylic acids is 1. The molecule has 0 saturated heterocycles. The number of carbonyl (C=O) groups is 1. The lowest BCUT2D eigenvalue weighted by atomic mass is 10.1. The van der Waals surface area contributed by atoms with Crippen molar-refractivity contribution < 1.29 is 4.79 Å². The topological polar surface area (TPSA) is 46.9 Å². The molecular weight excluding hydrogens is 321 g/mol. The summed E-state index contributed by atoms with van der Waals surface area (Å²) in [6.45, 7) is 1.91. The fourth-order valence-electron chi connectivity index (χ4n) is 2.74. The largest absolute Gasteiger partial charge is 0.349 e. The summed E-state index contributed by atoms with van der Waals surface area (Å²) in [7, 11) is 1.88. The average Bonchev–Trinajstić information content (AvgIpc) is 3.17. The summed E-state index contributed by atoms with van der Waals surface area (Å²) in [6.07, 6.45) is 4.66. The first-order chi connectivity index (χ1) is 10.5. The molecule has 3 atom stereocenters. The Bertz CT molecular complexity index is 713. The smallest absolute Gasteiger partial charge is 0.224 e. The van der Waals surface area contributed by atoms with Crippen molar-refractivity contribution in [3.8, 4) is 0 Å². The molecule has 1 aliphatic rings. The SMILES string of the molecule is C[C@H](NC(=O)[C@@H]1C[C@@H]1c1cnn(C)c1)c1cccc(Cl)c1Cl. The number of aryl methyl sites for hydroxylation is 1. The molecule has 1 aliphatic carbocycles. The number of halogens is 2. The van der Waals surface area contributed by atoms with Crippen molar-refractivity contribution in [2.24, 2.45) is 13.0 Å². The highest BCUT2D eigenvalue weighted by Gasteiger charge is 2.44. The average molecular weight is 338 g/mol. The number of benzene rings is 1. The minimum atomic E-state index is -0.172. The summed E-state index contributed by atoms with van der Waals surface area (Å²) in [5, 5.41) is 8.17. The van der Waals surface area contributed by atoms with Crippen LogP contribution in [0.1, 0.15) is 36.4 Å². The highest BCUT2D eigenvalue weighted by Crippen LogP contribution is 2.47. The maximum absolute atomic E-state index is 12.4. The van der Waals surface area contributed by atoms with Gasteiger partial charge in [-0.1, -0.05) is 35.3 Å². The van der Waals surface area contributed by atoms with E-state index >= 15 is 0 Å². The number of nitrogens with zero attached hydrogens (tertiary/aromatic N) is 2. The number of rotatable bonds is 4. The highest BCUT2D eigenvalue weighted by atomic mass is 35.5. The molecule has 116 valence electrons. The highest BCUT2D eigenvalue weighted by molar-refractivity contribution is 6.42. The van der Waals surface area contributed by atoms with Crippen LogP contribution in [0.5, 0.6) is 0 Å². The third-order valence-corrected chi connectivity index (χ3v) is 4.92. The second-order valence-corrected chi connectivity index (χ2v) is 6.55. The second-order valence-electron chi connectivity index (χ2n) is 5.77. The van der Waals surface area contributed by atoms with Crippen molar-refractivity contribution in [1.82, 2.24) is 15.1 Å². The van der Waals surface area contributed by atoms with Crippen LogP contribution in [0.25, 0.3) is 0 Å². The van der Waals surface area contributed by atoms with Gasteiger partial charge >= 0.3 is 0 Å². The molecule has 6 heteroatoms. The molecule has 1 aromatic heterocycles. The van der Waals surface area contributed by atoms with Crippen LogP contribution in [0.2, 0.25) is 10.0 Å². The zero-order valence-corrected chi connectivity index (χ0v) is 13.9. The van der Waals surface area contributed by atoms with E-state index in [-0.39, 0.29) is 23.8 Å². The zero-order valence-electron chi connectivity index (χ0n) is 12.4. The van der Waals surface area contributed by atoms with Crippen LogP contribution in [-0.2, 0) is 11.8 Å². The number of aromatic nitrogens is 2. The first-order valence-corrected chi connectivity index (χ1v) is 7.95. The number of amides is 1. The van der Waals surface area contributed by atoms with Gasteiger partial charge in [-0.2, -0.15) is 5.10 Å². The Morgan fingerprint density at radius 1 is 1.45 bits per heavy atom. The van der Waals surface area contributed by atoms with Gasteiger partial charge in [0.25, 0.3) is 0 Å². The van der Waals surface area contributed by atoms with Gasteiger partial charge in [0, 0.05) is 19.2 Å². The zero-order chi connectivity index (χ0) is 15.9. The van der Waals surface area contributed by atoms with Gasteiger partial charge in [0.05, 0.1) is 22.3 Å². The van der Waals surface area contributed by atoms with Gasteiger partial charge in [0.15, 0.2) is 0 Å². The lowest BCUT2D eigenvalue weighted by Crippen LogP contribution is -2.28. The van der Waals surface area contributed by atoms with Crippen molar-refractivity contribution in [3.63, 3.8) is 0 Å². The quantitative estimate of drug-likeness (QED) is 0.924. The number of hydrogen-bond donors (Lipinski definition) is 1. The molecule has 1 amide bonds. The summed E-state index contributed by atoms with van der Waals surface area (Å²) < 4.78 is 1.76. The minimum Gasteiger partial charge on any atom is -0.349 e. The molecule has 1 N–H and O–H groups in total. The van der Waals surface area contributed by atoms with Crippen LogP contribution in [0, 0.1) is 5.92 Å². The minimum absolute atomic E-state index is 0.0182. The van der Waals surface area contributed by atoms with Crippen molar-refractivity contribution >= 4 is 29.1 Å². The predicted molar refractivity (Wildman–Crippen MR) is 87.1 cm³/mol. The van der Waals surface area contributed by atoms with E-state index < -0.39 is 0 Å². The molecule has 0 bridgehead atoms. The molecule has 1 aromatic carbocycles. The molecule has 22 heavy (non-hydrogen) atoms. The lowest BCUT2D eigenvalue weighted by molar-refractivity contribution is -0.123. The van der Waals surface area contributed by atoms with Gasteiger partial charge in [-0.25, -0.2) is 0 Å². The van der Waals surface area contributed by atoms with E-state index in [9.17, 15) is 4.79 Å². The molecule has 1 heterocycles. The third kappa shape index (κ3) is 2.99. The van der Waals surface area contributed by atoms with E-state index in [0.717, 1.165) is 17.5 Å². The number of hydrogen-bond acceptors (Lipinski definition) is 2. The van der Waals surface area contributed by atoms with Gasteiger partial charge in [-0.15, -0.1) is 0 Å². The van der Waals surface area contributed by atoms with Crippen LogP contribution >= 0.6 is 23.2 Å². The maximum atomic E-state index is 12.4. The monoisotopic (exact) mass is 337 g/mol. The van der Waals surface area contributed by atoms with Gasteiger partial charge in [-0.05, 0) is 36.5 Å². The van der Waals surface area contributed by atoms with Crippen molar-refractivity contribution in [1.29, 1.82) is 0 Å². The molecule has 0 spiro atoms. The first-order valence-electron chi connectivity index (χ1n) is 7.20. The van der Waals surface area contributed by atoms with E-state index in [1.54, 1.807) is 10.7 Å². The van der Waals surface area contributed by atoms with Crippen molar-refractivity contribution in [2.45, 2.75) is 25.3 Å². The van der Waals surface area contributed by atoms with Crippen LogP contribution in [-0.4, -0.2) is 15.7 Å². The van der Waals surface area contributed by atoms with E-state index in [1.165, 1.54) is 0 Å². The predicted octanol–water partition coefficient (Wildman–Crippen LogP) is 3.71. The molecule has 0 aliphatic heterocycles. The summed E-state index contributed by atoms with van der Waals surface area (Å²) >= 11 is 12.2. The summed E-state index contributed by atoms with van der Waals surface area (Å²) in [5.41, 5.74) is 1.96. The summed E-state index contributed by atoms with van der Waals surface area (Å²) in [4.78, 5) is 12.4.